The van der Waals surface area contributed by atoms with Crippen molar-refractivity contribution in [2.24, 2.45) is 0 Å². The van der Waals surface area contributed by atoms with E-state index in [9.17, 15) is 0 Å². The molecule has 1 aromatic carbocycles. The van der Waals surface area contributed by atoms with Crippen LogP contribution in [0.3, 0.4) is 0 Å². The molecule has 0 saturated heterocycles. The summed E-state index contributed by atoms with van der Waals surface area (Å²) in [6.45, 7) is 6.22. The average Bonchev–Trinajstić information content (AvgIpc) is 2.64. The lowest BCUT2D eigenvalue weighted by atomic mass is 10.1. The Morgan fingerprint density at radius 3 is 2.35 bits per heavy atom. The first-order chi connectivity index (χ1) is 8.03. The smallest absolute Gasteiger partial charge is 0.174 e. The molecule has 90 valence electrons. The Labute approximate surface area is 107 Å². The molecule has 0 aliphatic heterocycles. The molecular formula is C15H18OS. The monoisotopic (exact) mass is 246 g/mol. The molecule has 17 heavy (non-hydrogen) atoms. The van der Waals surface area contributed by atoms with Crippen LogP contribution in [0.5, 0.6) is 5.06 Å². The summed E-state index contributed by atoms with van der Waals surface area (Å²) in [7, 11) is 0. The van der Waals surface area contributed by atoms with Gasteiger partial charge in [0.05, 0.1) is 0 Å². The molecule has 2 aromatic rings. The summed E-state index contributed by atoms with van der Waals surface area (Å²) in [6, 6.07) is 14.7. The normalized spacial score (nSPS) is 11.5. The van der Waals surface area contributed by atoms with Crippen molar-refractivity contribution in [3.8, 4) is 5.06 Å². The summed E-state index contributed by atoms with van der Waals surface area (Å²) in [5.74, 6) is 0. The van der Waals surface area contributed by atoms with Gasteiger partial charge in [0.25, 0.3) is 0 Å². The second-order valence-electron chi connectivity index (χ2n) is 5.10. The fourth-order valence-electron chi connectivity index (χ4n) is 1.61. The van der Waals surface area contributed by atoms with Crippen LogP contribution in [0.2, 0.25) is 0 Å². The molecule has 1 aromatic heterocycles. The Morgan fingerprint density at radius 2 is 1.71 bits per heavy atom. The molecule has 0 unspecified atom stereocenters. The lowest BCUT2D eigenvalue weighted by Crippen LogP contribution is -2.22. The van der Waals surface area contributed by atoms with Crippen LogP contribution in [0.25, 0.3) is 0 Å². The van der Waals surface area contributed by atoms with Crippen molar-refractivity contribution in [1.29, 1.82) is 0 Å². The standard InChI is InChI=1S/C15H18OS/c1-15(2,3)16-14-10-9-13(17-14)11-12-7-5-4-6-8-12/h4-10H,11H2,1-3H3. The van der Waals surface area contributed by atoms with Crippen molar-refractivity contribution in [2.45, 2.75) is 32.8 Å². The average molecular weight is 246 g/mol. The van der Waals surface area contributed by atoms with Crippen LogP contribution in [0.4, 0.5) is 0 Å². The lowest BCUT2D eigenvalue weighted by molar-refractivity contribution is 0.136. The van der Waals surface area contributed by atoms with E-state index < -0.39 is 0 Å². The second kappa shape index (κ2) is 4.92. The molecule has 0 radical (unpaired) electrons. The van der Waals surface area contributed by atoms with Crippen LogP contribution in [0.15, 0.2) is 42.5 Å². The van der Waals surface area contributed by atoms with Gasteiger partial charge in [0.2, 0.25) is 0 Å². The fraction of sp³-hybridized carbons (Fsp3) is 0.333. The molecule has 0 aliphatic rings. The first-order valence-corrected chi connectivity index (χ1v) is 6.66. The first kappa shape index (κ1) is 12.2. The maximum absolute atomic E-state index is 5.84. The predicted octanol–water partition coefficient (Wildman–Crippen LogP) is 4.52. The third kappa shape index (κ3) is 3.90. The molecular weight excluding hydrogens is 228 g/mol. The van der Waals surface area contributed by atoms with Crippen molar-refractivity contribution in [2.75, 3.05) is 0 Å². The zero-order valence-electron chi connectivity index (χ0n) is 10.6. The zero-order valence-corrected chi connectivity index (χ0v) is 11.4. The Balaban J connectivity index is 2.04. The first-order valence-electron chi connectivity index (χ1n) is 5.84. The highest BCUT2D eigenvalue weighted by atomic mass is 32.1. The van der Waals surface area contributed by atoms with Crippen LogP contribution in [0.1, 0.15) is 31.2 Å². The molecule has 0 spiro atoms. The van der Waals surface area contributed by atoms with Crippen LogP contribution in [-0.2, 0) is 6.42 Å². The topological polar surface area (TPSA) is 9.23 Å². The Kier molecular flexibility index (Phi) is 3.53. The van der Waals surface area contributed by atoms with E-state index in [1.54, 1.807) is 11.3 Å². The summed E-state index contributed by atoms with van der Waals surface area (Å²) in [4.78, 5) is 1.34. The summed E-state index contributed by atoms with van der Waals surface area (Å²) >= 11 is 1.73. The van der Waals surface area contributed by atoms with Gasteiger partial charge in [-0.15, -0.1) is 11.3 Å². The number of hydrogen-bond donors (Lipinski definition) is 0. The van der Waals surface area contributed by atoms with Gasteiger partial charge in [-0.25, -0.2) is 0 Å². The van der Waals surface area contributed by atoms with Crippen LogP contribution < -0.4 is 4.74 Å². The van der Waals surface area contributed by atoms with Gasteiger partial charge in [-0.3, -0.25) is 0 Å². The zero-order chi connectivity index (χ0) is 12.3. The molecule has 2 rings (SSSR count). The Hall–Kier alpha value is -1.28. The Bertz CT molecular complexity index is 465. The van der Waals surface area contributed by atoms with Crippen molar-refractivity contribution in [1.82, 2.24) is 0 Å². The molecule has 0 aliphatic carbocycles. The number of rotatable bonds is 3. The lowest BCUT2D eigenvalue weighted by Gasteiger charge is -2.19. The molecule has 2 heteroatoms. The van der Waals surface area contributed by atoms with Gasteiger partial charge in [-0.05, 0) is 38.5 Å². The molecule has 0 N–H and O–H groups in total. The summed E-state index contributed by atoms with van der Waals surface area (Å²) in [5, 5.41) is 1.00. The van der Waals surface area contributed by atoms with Gasteiger partial charge in [0, 0.05) is 11.3 Å². The summed E-state index contributed by atoms with van der Waals surface area (Å²) in [6.07, 6.45) is 0.985. The highest BCUT2D eigenvalue weighted by Gasteiger charge is 2.13. The minimum Gasteiger partial charge on any atom is -0.479 e. The van der Waals surface area contributed by atoms with E-state index >= 15 is 0 Å². The van der Waals surface area contributed by atoms with Crippen molar-refractivity contribution >= 4 is 11.3 Å². The maximum atomic E-state index is 5.84. The van der Waals surface area contributed by atoms with Crippen molar-refractivity contribution in [3.63, 3.8) is 0 Å². The second-order valence-corrected chi connectivity index (χ2v) is 6.23. The van der Waals surface area contributed by atoms with E-state index in [1.807, 2.05) is 6.07 Å². The minimum absolute atomic E-state index is 0.116. The van der Waals surface area contributed by atoms with Crippen LogP contribution >= 0.6 is 11.3 Å². The minimum atomic E-state index is -0.116. The molecule has 0 atom stereocenters. The van der Waals surface area contributed by atoms with Crippen molar-refractivity contribution < 1.29 is 4.74 Å². The highest BCUT2D eigenvalue weighted by Crippen LogP contribution is 2.29. The number of benzene rings is 1. The molecule has 0 fully saturated rings. The van der Waals surface area contributed by atoms with E-state index in [0.29, 0.717) is 0 Å². The van der Waals surface area contributed by atoms with Crippen molar-refractivity contribution in [3.05, 3.63) is 52.9 Å². The predicted molar refractivity (Wildman–Crippen MR) is 73.9 cm³/mol. The molecule has 1 heterocycles. The van der Waals surface area contributed by atoms with E-state index in [-0.39, 0.29) is 5.60 Å². The molecule has 0 amide bonds. The molecule has 0 bridgehead atoms. The highest BCUT2D eigenvalue weighted by molar-refractivity contribution is 7.13. The Morgan fingerprint density at radius 1 is 1.00 bits per heavy atom. The van der Waals surface area contributed by atoms with E-state index in [0.717, 1.165) is 11.5 Å². The maximum Gasteiger partial charge on any atom is 0.174 e. The largest absolute Gasteiger partial charge is 0.479 e. The third-order valence-corrected chi connectivity index (χ3v) is 3.23. The van der Waals surface area contributed by atoms with Crippen LogP contribution in [-0.4, -0.2) is 5.60 Å². The molecule has 0 saturated carbocycles. The SMILES string of the molecule is CC(C)(C)Oc1ccc(Cc2ccccc2)s1. The number of hydrogen-bond acceptors (Lipinski definition) is 2. The van der Waals surface area contributed by atoms with E-state index in [1.165, 1.54) is 10.4 Å². The number of thiophene rings is 1. The van der Waals surface area contributed by atoms with Gasteiger partial charge in [0.1, 0.15) is 5.60 Å². The third-order valence-electron chi connectivity index (χ3n) is 2.26. The van der Waals surface area contributed by atoms with Gasteiger partial charge < -0.3 is 4.74 Å². The van der Waals surface area contributed by atoms with E-state index in [2.05, 4.69) is 57.2 Å². The quantitative estimate of drug-likeness (QED) is 0.774. The number of ether oxygens (including phenoxy) is 1. The summed E-state index contributed by atoms with van der Waals surface area (Å²) < 4.78 is 5.84. The summed E-state index contributed by atoms with van der Waals surface area (Å²) in [5.41, 5.74) is 1.23. The van der Waals surface area contributed by atoms with Gasteiger partial charge in [-0.1, -0.05) is 30.3 Å². The van der Waals surface area contributed by atoms with Gasteiger partial charge in [-0.2, -0.15) is 0 Å². The van der Waals surface area contributed by atoms with Crippen LogP contribution in [0, 0.1) is 0 Å². The fourth-order valence-corrected chi connectivity index (χ4v) is 2.67. The van der Waals surface area contributed by atoms with Gasteiger partial charge >= 0.3 is 0 Å². The van der Waals surface area contributed by atoms with E-state index in [4.69, 9.17) is 4.74 Å². The molecule has 1 nitrogen and oxygen atoms in total. The van der Waals surface area contributed by atoms with Gasteiger partial charge in [0.15, 0.2) is 5.06 Å².